The Morgan fingerprint density at radius 1 is 1.00 bits per heavy atom. The fourth-order valence-corrected chi connectivity index (χ4v) is 5.66. The van der Waals surface area contributed by atoms with Crippen molar-refractivity contribution in [2.45, 2.75) is 39.0 Å². The maximum atomic E-state index is 12.8. The number of benzene rings is 3. The van der Waals surface area contributed by atoms with Crippen LogP contribution in [-0.4, -0.2) is 14.5 Å². The summed E-state index contributed by atoms with van der Waals surface area (Å²) in [5.41, 5.74) is 2.73. The van der Waals surface area contributed by atoms with Crippen LogP contribution in [0.2, 0.25) is 0 Å². The van der Waals surface area contributed by atoms with Gasteiger partial charge in [0.15, 0.2) is 4.96 Å². The highest BCUT2D eigenvalue weighted by Crippen LogP contribution is 2.34. The van der Waals surface area contributed by atoms with Crippen LogP contribution in [0.4, 0.5) is 0 Å². The summed E-state index contributed by atoms with van der Waals surface area (Å²) in [7, 11) is 0. The number of phenolic OH excluding ortho intramolecular Hbond substituents is 1. The van der Waals surface area contributed by atoms with E-state index in [1.165, 1.54) is 17.8 Å². The predicted octanol–water partition coefficient (Wildman–Crippen LogP) is 7.94. The molecule has 0 aliphatic rings. The molecule has 0 spiro atoms. The van der Waals surface area contributed by atoms with E-state index in [4.69, 9.17) is 14.1 Å². The monoisotopic (exact) mass is 510 g/mol. The quantitative estimate of drug-likeness (QED) is 0.166. The van der Waals surface area contributed by atoms with E-state index in [-0.39, 0.29) is 5.75 Å². The number of fused-ring (bicyclic) bond motifs is 4. The number of phenols is 1. The number of thiazole rings is 1. The van der Waals surface area contributed by atoms with Gasteiger partial charge in [-0.2, -0.15) is 0 Å². The molecule has 0 atom stereocenters. The summed E-state index contributed by atoms with van der Waals surface area (Å²) >= 11 is 1.53. The van der Waals surface area contributed by atoms with Crippen molar-refractivity contribution in [2.24, 2.45) is 0 Å². The lowest BCUT2D eigenvalue weighted by Crippen LogP contribution is -2.03. The van der Waals surface area contributed by atoms with Gasteiger partial charge in [0.05, 0.1) is 21.5 Å². The second-order valence-corrected chi connectivity index (χ2v) is 10.2. The number of aromatic nitrogens is 2. The molecular weight excluding hydrogens is 484 g/mol. The lowest BCUT2D eigenvalue weighted by molar-refractivity contribution is 0.464. The standard InChI is InChI=1S/C30H26N2O4S/c1-2-3-4-6-9-19-14-20-15-23(29(34)36-27(20)17-26(19)33)24-18-32-25-13-12-22(16-28(25)37-30(32)31-24)35-21-10-7-5-8-11-21/h5,7-8,10-18,33H,2-4,6,9H2,1H3. The van der Waals surface area contributed by atoms with Crippen molar-refractivity contribution in [2.75, 3.05) is 0 Å². The number of aryl methyl sites for hydroxylation is 1. The van der Waals surface area contributed by atoms with Crippen LogP contribution in [0.3, 0.4) is 0 Å². The van der Waals surface area contributed by atoms with Crippen molar-refractivity contribution in [3.05, 3.63) is 88.9 Å². The fraction of sp³-hybridized carbons (Fsp3) is 0.200. The Kier molecular flexibility index (Phi) is 6.14. The number of hydrogen-bond donors (Lipinski definition) is 1. The zero-order valence-corrected chi connectivity index (χ0v) is 21.3. The van der Waals surface area contributed by atoms with Crippen LogP contribution in [-0.2, 0) is 6.42 Å². The molecule has 0 saturated carbocycles. The number of ether oxygens (including phenoxy) is 1. The summed E-state index contributed by atoms with van der Waals surface area (Å²) in [6.45, 7) is 2.18. The summed E-state index contributed by atoms with van der Waals surface area (Å²) in [5, 5.41) is 11.2. The van der Waals surface area contributed by atoms with E-state index in [0.717, 1.165) is 63.3 Å². The smallest absolute Gasteiger partial charge is 0.345 e. The molecule has 0 amide bonds. The fourth-order valence-electron chi connectivity index (χ4n) is 4.62. The van der Waals surface area contributed by atoms with Gasteiger partial charge in [0.25, 0.3) is 0 Å². The third-order valence-corrected chi connectivity index (χ3v) is 7.57. The van der Waals surface area contributed by atoms with Crippen molar-refractivity contribution >= 4 is 37.5 Å². The summed E-state index contributed by atoms with van der Waals surface area (Å²) in [6, 6.07) is 20.9. The van der Waals surface area contributed by atoms with Gasteiger partial charge in [0.2, 0.25) is 0 Å². The first-order valence-corrected chi connectivity index (χ1v) is 13.4. The molecule has 3 heterocycles. The van der Waals surface area contributed by atoms with Crippen LogP contribution < -0.4 is 10.4 Å². The second-order valence-electron chi connectivity index (χ2n) is 9.20. The van der Waals surface area contributed by atoms with Gasteiger partial charge >= 0.3 is 5.63 Å². The van der Waals surface area contributed by atoms with Gasteiger partial charge in [-0.05, 0) is 54.8 Å². The predicted molar refractivity (Wildman–Crippen MR) is 148 cm³/mol. The molecule has 6 nitrogen and oxygen atoms in total. The highest BCUT2D eigenvalue weighted by Gasteiger charge is 2.16. The van der Waals surface area contributed by atoms with E-state index < -0.39 is 5.63 Å². The average Bonchev–Trinajstić information content (AvgIpc) is 3.45. The van der Waals surface area contributed by atoms with Crippen molar-refractivity contribution < 1.29 is 14.3 Å². The third-order valence-electron chi connectivity index (χ3n) is 6.55. The molecule has 3 aromatic carbocycles. The van der Waals surface area contributed by atoms with Crippen LogP contribution in [0.15, 0.2) is 82.1 Å². The van der Waals surface area contributed by atoms with Crippen LogP contribution >= 0.6 is 11.3 Å². The van der Waals surface area contributed by atoms with Gasteiger partial charge in [0.1, 0.15) is 22.8 Å². The van der Waals surface area contributed by atoms with Crippen LogP contribution in [0, 0.1) is 0 Å². The highest BCUT2D eigenvalue weighted by molar-refractivity contribution is 7.23. The normalized spacial score (nSPS) is 11.6. The molecule has 3 aromatic heterocycles. The van der Waals surface area contributed by atoms with Gasteiger partial charge in [-0.25, -0.2) is 9.78 Å². The van der Waals surface area contributed by atoms with Crippen molar-refractivity contribution in [3.8, 4) is 28.5 Å². The highest BCUT2D eigenvalue weighted by atomic mass is 32.1. The second kappa shape index (κ2) is 9.75. The lowest BCUT2D eigenvalue weighted by atomic mass is 10.0. The maximum Gasteiger partial charge on any atom is 0.345 e. The van der Waals surface area contributed by atoms with Gasteiger partial charge in [-0.15, -0.1) is 0 Å². The maximum absolute atomic E-state index is 12.8. The number of unbranched alkanes of at least 4 members (excludes halogenated alkanes) is 3. The third kappa shape index (κ3) is 4.58. The Balaban J connectivity index is 1.33. The van der Waals surface area contributed by atoms with Crippen molar-refractivity contribution in [3.63, 3.8) is 0 Å². The lowest BCUT2D eigenvalue weighted by Gasteiger charge is -2.07. The molecule has 1 N–H and O–H groups in total. The molecule has 186 valence electrons. The molecule has 6 rings (SSSR count). The molecule has 6 aromatic rings. The molecule has 37 heavy (non-hydrogen) atoms. The number of imidazole rings is 1. The number of aromatic hydroxyl groups is 1. The van der Waals surface area contributed by atoms with Gasteiger partial charge in [-0.1, -0.05) is 55.7 Å². The Bertz CT molecular complexity index is 1780. The first-order chi connectivity index (χ1) is 18.1. The molecule has 0 aliphatic carbocycles. The van der Waals surface area contributed by atoms with Crippen LogP contribution in [0.1, 0.15) is 38.2 Å². The number of hydrogen-bond acceptors (Lipinski definition) is 6. The van der Waals surface area contributed by atoms with Crippen molar-refractivity contribution in [1.82, 2.24) is 9.38 Å². The molecule has 7 heteroatoms. The molecule has 0 aliphatic heterocycles. The van der Waals surface area contributed by atoms with E-state index in [0.29, 0.717) is 16.8 Å². The first-order valence-electron chi connectivity index (χ1n) is 12.5. The topological polar surface area (TPSA) is 77.0 Å². The Hall–Kier alpha value is -4.10. The molecule has 0 bridgehead atoms. The van der Waals surface area contributed by atoms with Gasteiger partial charge in [-0.3, -0.25) is 4.40 Å². The Morgan fingerprint density at radius 3 is 2.70 bits per heavy atom. The summed E-state index contributed by atoms with van der Waals surface area (Å²) in [4.78, 5) is 18.4. The minimum atomic E-state index is -0.476. The van der Waals surface area contributed by atoms with Crippen LogP contribution in [0.5, 0.6) is 17.2 Å². The number of rotatable bonds is 8. The van der Waals surface area contributed by atoms with E-state index in [1.807, 2.05) is 71.3 Å². The Labute approximate surface area is 217 Å². The zero-order chi connectivity index (χ0) is 25.4. The van der Waals surface area contributed by atoms with Gasteiger partial charge < -0.3 is 14.3 Å². The molecular formula is C30H26N2O4S. The summed E-state index contributed by atoms with van der Waals surface area (Å²) in [5.74, 6) is 1.71. The minimum absolute atomic E-state index is 0.171. The molecule has 0 radical (unpaired) electrons. The number of para-hydroxylation sites is 1. The summed E-state index contributed by atoms with van der Waals surface area (Å²) < 4.78 is 14.6. The first kappa shape index (κ1) is 23.3. The van der Waals surface area contributed by atoms with Crippen LogP contribution in [0.25, 0.3) is 37.4 Å². The average molecular weight is 511 g/mol. The minimum Gasteiger partial charge on any atom is -0.508 e. The van der Waals surface area contributed by atoms with E-state index >= 15 is 0 Å². The SMILES string of the molecule is CCCCCCc1cc2cc(-c3cn4c(n3)sc3cc(Oc5ccccc5)ccc34)c(=O)oc2cc1O. The number of nitrogens with zero attached hydrogens (tertiary/aromatic N) is 2. The Morgan fingerprint density at radius 2 is 1.86 bits per heavy atom. The molecule has 0 fully saturated rings. The van der Waals surface area contributed by atoms with E-state index in [1.54, 1.807) is 6.07 Å². The molecule has 0 saturated heterocycles. The van der Waals surface area contributed by atoms with E-state index in [9.17, 15) is 9.90 Å². The largest absolute Gasteiger partial charge is 0.508 e. The van der Waals surface area contributed by atoms with Crippen molar-refractivity contribution in [1.29, 1.82) is 0 Å². The molecule has 0 unspecified atom stereocenters. The van der Waals surface area contributed by atoms with Gasteiger partial charge in [0, 0.05) is 23.7 Å². The summed E-state index contributed by atoms with van der Waals surface area (Å²) in [6.07, 6.45) is 7.15. The zero-order valence-electron chi connectivity index (χ0n) is 20.4. The van der Waals surface area contributed by atoms with E-state index in [2.05, 4.69) is 6.92 Å².